The molecule has 1 heterocycles. The lowest BCUT2D eigenvalue weighted by molar-refractivity contribution is 0.628. The van der Waals surface area contributed by atoms with Gasteiger partial charge in [0.1, 0.15) is 5.82 Å². The van der Waals surface area contributed by atoms with Gasteiger partial charge in [-0.15, -0.1) is 28.3 Å². The number of hydrogen-bond donors (Lipinski definition) is 0. The zero-order valence-electron chi connectivity index (χ0n) is 13.7. The molecule has 4 rings (SSSR count). The minimum Gasteiger partial charge on any atom is -0.285 e. The Morgan fingerprint density at radius 1 is 0.769 bits per heavy atom. The van der Waals surface area contributed by atoms with E-state index >= 15 is 0 Å². The Hall–Kier alpha value is -2.50. The molecule has 3 aromatic carbocycles. The van der Waals surface area contributed by atoms with Crippen molar-refractivity contribution in [3.05, 3.63) is 101 Å². The van der Waals surface area contributed by atoms with Gasteiger partial charge in [0.25, 0.3) is 0 Å². The highest BCUT2D eigenvalue weighted by Crippen LogP contribution is 2.24. The van der Waals surface area contributed by atoms with Crippen molar-refractivity contribution in [2.24, 2.45) is 4.99 Å². The molecule has 0 aliphatic carbocycles. The van der Waals surface area contributed by atoms with Gasteiger partial charge in [0, 0.05) is 11.1 Å². The van der Waals surface area contributed by atoms with E-state index in [1.54, 1.807) is 23.5 Å². The van der Waals surface area contributed by atoms with Crippen LogP contribution in [-0.2, 0) is 0 Å². The lowest BCUT2D eigenvalue weighted by atomic mass is 10.1. The van der Waals surface area contributed by atoms with Crippen LogP contribution in [0, 0.1) is 5.82 Å². The van der Waals surface area contributed by atoms with E-state index in [1.165, 1.54) is 12.1 Å². The van der Waals surface area contributed by atoms with Gasteiger partial charge in [-0.1, -0.05) is 36.4 Å². The molecule has 0 radical (unpaired) electrons. The van der Waals surface area contributed by atoms with Crippen LogP contribution in [0.2, 0.25) is 0 Å². The zero-order chi connectivity index (χ0) is 17.1. The van der Waals surface area contributed by atoms with Gasteiger partial charge < -0.3 is 0 Å². The second-order valence-electron chi connectivity index (χ2n) is 5.53. The van der Waals surface area contributed by atoms with Crippen molar-refractivity contribution in [1.82, 2.24) is 4.57 Å². The fourth-order valence-corrected chi connectivity index (χ4v) is 3.58. The summed E-state index contributed by atoms with van der Waals surface area (Å²) in [7, 11) is 0. The Balaban J connectivity index is 0.00000196. The zero-order valence-corrected chi connectivity index (χ0v) is 16.3. The van der Waals surface area contributed by atoms with E-state index in [1.807, 2.05) is 60.7 Å². The third kappa shape index (κ3) is 3.84. The van der Waals surface area contributed by atoms with E-state index in [-0.39, 0.29) is 22.8 Å². The average Bonchev–Trinajstić information content (AvgIpc) is 3.07. The molecule has 0 amide bonds. The van der Waals surface area contributed by atoms with Crippen LogP contribution in [0.1, 0.15) is 0 Å². The van der Waals surface area contributed by atoms with Gasteiger partial charge in [-0.05, 0) is 54.1 Å². The van der Waals surface area contributed by atoms with Crippen molar-refractivity contribution in [3.63, 3.8) is 0 Å². The van der Waals surface area contributed by atoms with E-state index in [9.17, 15) is 4.39 Å². The molecule has 0 fully saturated rings. The topological polar surface area (TPSA) is 17.3 Å². The van der Waals surface area contributed by atoms with Crippen molar-refractivity contribution < 1.29 is 4.39 Å². The number of para-hydroxylation sites is 2. The summed E-state index contributed by atoms with van der Waals surface area (Å²) in [6, 6.07) is 26.5. The molecule has 130 valence electrons. The third-order valence-corrected chi connectivity index (χ3v) is 4.67. The molecule has 0 atom stereocenters. The summed E-state index contributed by atoms with van der Waals surface area (Å²) in [4.78, 5) is 5.66. The van der Waals surface area contributed by atoms with E-state index in [0.717, 1.165) is 27.4 Å². The average molecular weight is 427 g/mol. The van der Waals surface area contributed by atoms with Gasteiger partial charge in [0.2, 0.25) is 0 Å². The molecular weight excluding hydrogens is 411 g/mol. The van der Waals surface area contributed by atoms with E-state index in [4.69, 9.17) is 4.99 Å². The molecule has 2 nitrogen and oxygen atoms in total. The second kappa shape index (κ2) is 8.25. The summed E-state index contributed by atoms with van der Waals surface area (Å²) in [6.45, 7) is 0. The minimum absolute atomic E-state index is 0. The monoisotopic (exact) mass is 426 g/mol. The lowest BCUT2D eigenvalue weighted by Gasteiger charge is -2.09. The summed E-state index contributed by atoms with van der Waals surface area (Å²) in [6.07, 6.45) is 0. The summed E-state index contributed by atoms with van der Waals surface area (Å²) >= 11 is 1.57. The number of halogens is 2. The van der Waals surface area contributed by atoms with Crippen molar-refractivity contribution in [1.29, 1.82) is 0 Å². The number of thiazole rings is 1. The van der Waals surface area contributed by atoms with E-state index in [2.05, 4.69) is 9.95 Å². The molecule has 1 aromatic heterocycles. The van der Waals surface area contributed by atoms with Crippen LogP contribution in [0.3, 0.4) is 0 Å². The smallest absolute Gasteiger partial charge is 0.195 e. The third-order valence-electron chi connectivity index (χ3n) is 3.84. The first-order chi connectivity index (χ1) is 12.3. The van der Waals surface area contributed by atoms with Gasteiger partial charge in [0.05, 0.1) is 11.4 Å². The summed E-state index contributed by atoms with van der Waals surface area (Å²) < 4.78 is 15.4. The molecule has 26 heavy (non-hydrogen) atoms. The number of benzene rings is 3. The molecule has 0 spiro atoms. The summed E-state index contributed by atoms with van der Waals surface area (Å²) in [5.74, 6) is -0.237. The Bertz CT molecular complexity index is 1040. The Labute approximate surface area is 165 Å². The van der Waals surface area contributed by atoms with Gasteiger partial charge >= 0.3 is 0 Å². The first kappa shape index (κ1) is 18.3. The number of nitrogens with zero attached hydrogens (tertiary/aromatic N) is 2. The number of aromatic nitrogens is 1. The minimum atomic E-state index is -0.237. The highest BCUT2D eigenvalue weighted by Gasteiger charge is 2.10. The first-order valence-electron chi connectivity index (χ1n) is 7.93. The van der Waals surface area contributed by atoms with Crippen LogP contribution < -0.4 is 4.80 Å². The van der Waals surface area contributed by atoms with Crippen molar-refractivity contribution in [2.45, 2.75) is 0 Å². The largest absolute Gasteiger partial charge is 0.285 e. The van der Waals surface area contributed by atoms with E-state index < -0.39 is 0 Å². The number of rotatable bonds is 3. The fourth-order valence-electron chi connectivity index (χ4n) is 2.65. The second-order valence-corrected chi connectivity index (χ2v) is 6.37. The van der Waals surface area contributed by atoms with Crippen LogP contribution in [0.15, 0.2) is 95.3 Å². The summed E-state index contributed by atoms with van der Waals surface area (Å²) in [5, 5.41) is 2.06. The molecule has 5 heteroatoms. The highest BCUT2D eigenvalue weighted by atomic mass is 79.9. The van der Waals surface area contributed by atoms with Gasteiger partial charge in [0.15, 0.2) is 4.80 Å². The molecule has 0 saturated carbocycles. The highest BCUT2D eigenvalue weighted by molar-refractivity contribution is 8.93. The van der Waals surface area contributed by atoms with Crippen LogP contribution in [0.4, 0.5) is 10.1 Å². The Morgan fingerprint density at radius 3 is 2.04 bits per heavy atom. The van der Waals surface area contributed by atoms with Crippen LogP contribution >= 0.6 is 28.3 Å². The van der Waals surface area contributed by atoms with Gasteiger partial charge in [-0.2, -0.15) is 0 Å². The molecule has 0 aliphatic heterocycles. The predicted molar refractivity (Wildman–Crippen MR) is 111 cm³/mol. The number of hydrogen-bond acceptors (Lipinski definition) is 2. The molecule has 0 unspecified atom stereocenters. The van der Waals surface area contributed by atoms with E-state index in [0.29, 0.717) is 0 Å². The normalized spacial score (nSPS) is 11.2. The Kier molecular flexibility index (Phi) is 5.81. The van der Waals surface area contributed by atoms with Crippen LogP contribution in [-0.4, -0.2) is 4.57 Å². The maximum atomic E-state index is 13.3. The fraction of sp³-hybridized carbons (Fsp3) is 0. The first-order valence-corrected chi connectivity index (χ1v) is 8.81. The summed E-state index contributed by atoms with van der Waals surface area (Å²) in [5.41, 5.74) is 3.87. The van der Waals surface area contributed by atoms with Crippen LogP contribution in [0.5, 0.6) is 0 Å². The quantitative estimate of drug-likeness (QED) is 0.373. The molecule has 0 N–H and O–H groups in total. The SMILES string of the molecule is Br.Fc1ccc(-c2csc(=Nc3ccccc3)n2-c2ccccc2)cc1. The van der Waals surface area contributed by atoms with Crippen molar-refractivity contribution in [3.8, 4) is 16.9 Å². The standard InChI is InChI=1S/C21H15FN2S.BrH/c22-17-13-11-16(12-14-17)20-15-25-21(23-18-7-3-1-4-8-18)24(20)19-9-5-2-6-10-19;/h1-15H;1H. The van der Waals surface area contributed by atoms with Crippen molar-refractivity contribution in [2.75, 3.05) is 0 Å². The molecular formula is C21H16BrFN2S. The Morgan fingerprint density at radius 2 is 1.38 bits per heavy atom. The maximum Gasteiger partial charge on any atom is 0.195 e. The predicted octanol–water partition coefficient (Wildman–Crippen LogP) is 6.16. The van der Waals surface area contributed by atoms with Gasteiger partial charge in [-0.3, -0.25) is 4.57 Å². The molecule has 4 aromatic rings. The molecule has 0 aliphatic rings. The lowest BCUT2D eigenvalue weighted by Crippen LogP contribution is -2.13. The maximum absolute atomic E-state index is 13.3. The van der Waals surface area contributed by atoms with Gasteiger partial charge in [-0.25, -0.2) is 9.38 Å². The van der Waals surface area contributed by atoms with Crippen LogP contribution in [0.25, 0.3) is 16.9 Å². The molecule has 0 bridgehead atoms. The molecule has 0 saturated heterocycles. The van der Waals surface area contributed by atoms with Crippen molar-refractivity contribution >= 4 is 34.0 Å².